The SMILES string of the molecule is CC(C)CC1CSC(=NC2CCCCC2(C)C)N1. The molecule has 0 bridgehead atoms. The maximum atomic E-state index is 5.01. The summed E-state index contributed by atoms with van der Waals surface area (Å²) in [5, 5.41) is 4.83. The van der Waals surface area contributed by atoms with Crippen LogP contribution in [0, 0.1) is 11.3 Å². The molecule has 0 aromatic heterocycles. The normalized spacial score (nSPS) is 33.9. The molecule has 18 heavy (non-hydrogen) atoms. The Labute approximate surface area is 116 Å². The third kappa shape index (κ3) is 3.66. The monoisotopic (exact) mass is 268 g/mol. The number of nitrogens with one attached hydrogen (secondary N) is 1. The van der Waals surface area contributed by atoms with Gasteiger partial charge >= 0.3 is 0 Å². The number of hydrogen-bond acceptors (Lipinski definition) is 2. The summed E-state index contributed by atoms with van der Waals surface area (Å²) in [6, 6.07) is 1.17. The van der Waals surface area contributed by atoms with E-state index in [0.29, 0.717) is 17.5 Å². The summed E-state index contributed by atoms with van der Waals surface area (Å²) in [6.45, 7) is 9.36. The van der Waals surface area contributed by atoms with Crippen LogP contribution in [0.25, 0.3) is 0 Å². The first-order chi connectivity index (χ1) is 8.47. The van der Waals surface area contributed by atoms with Crippen molar-refractivity contribution in [1.29, 1.82) is 0 Å². The van der Waals surface area contributed by atoms with Crippen molar-refractivity contribution in [2.45, 2.75) is 71.9 Å². The lowest BCUT2D eigenvalue weighted by Gasteiger charge is -2.36. The van der Waals surface area contributed by atoms with Gasteiger partial charge in [-0.15, -0.1) is 0 Å². The van der Waals surface area contributed by atoms with E-state index in [9.17, 15) is 0 Å². The van der Waals surface area contributed by atoms with Gasteiger partial charge < -0.3 is 5.32 Å². The van der Waals surface area contributed by atoms with E-state index in [1.54, 1.807) is 0 Å². The number of amidine groups is 1. The van der Waals surface area contributed by atoms with Gasteiger partial charge in [-0.25, -0.2) is 0 Å². The van der Waals surface area contributed by atoms with Gasteiger partial charge in [-0.05, 0) is 30.6 Å². The quantitative estimate of drug-likeness (QED) is 0.834. The summed E-state index contributed by atoms with van der Waals surface area (Å²) < 4.78 is 0. The first-order valence-corrected chi connectivity index (χ1v) is 8.43. The third-order valence-electron chi connectivity index (χ3n) is 4.23. The van der Waals surface area contributed by atoms with Crippen LogP contribution in [0.15, 0.2) is 4.99 Å². The highest BCUT2D eigenvalue weighted by Crippen LogP contribution is 2.38. The molecule has 2 nitrogen and oxygen atoms in total. The summed E-state index contributed by atoms with van der Waals surface area (Å²) in [7, 11) is 0. The lowest BCUT2D eigenvalue weighted by atomic mass is 9.73. The maximum Gasteiger partial charge on any atom is 0.157 e. The van der Waals surface area contributed by atoms with E-state index >= 15 is 0 Å². The smallest absolute Gasteiger partial charge is 0.157 e. The first-order valence-electron chi connectivity index (χ1n) is 7.44. The second-order valence-electron chi connectivity index (χ2n) is 6.97. The molecule has 1 heterocycles. The Morgan fingerprint density at radius 3 is 2.83 bits per heavy atom. The van der Waals surface area contributed by atoms with Gasteiger partial charge in [0.1, 0.15) is 0 Å². The van der Waals surface area contributed by atoms with Crippen LogP contribution in [0.4, 0.5) is 0 Å². The Morgan fingerprint density at radius 1 is 1.39 bits per heavy atom. The Kier molecular flexibility index (Phi) is 4.63. The summed E-state index contributed by atoms with van der Waals surface area (Å²) in [5.41, 5.74) is 0.392. The number of thioether (sulfide) groups is 1. The molecule has 0 spiro atoms. The summed E-state index contributed by atoms with van der Waals surface area (Å²) in [4.78, 5) is 5.01. The second kappa shape index (κ2) is 5.85. The van der Waals surface area contributed by atoms with Crippen molar-refractivity contribution in [2.24, 2.45) is 16.3 Å². The molecule has 1 N–H and O–H groups in total. The zero-order valence-electron chi connectivity index (χ0n) is 12.3. The Balaban J connectivity index is 1.93. The van der Waals surface area contributed by atoms with Crippen molar-refractivity contribution in [1.82, 2.24) is 5.32 Å². The number of nitrogens with zero attached hydrogens (tertiary/aromatic N) is 1. The predicted molar refractivity (Wildman–Crippen MR) is 82.3 cm³/mol. The van der Waals surface area contributed by atoms with Crippen molar-refractivity contribution >= 4 is 16.9 Å². The van der Waals surface area contributed by atoms with E-state index in [4.69, 9.17) is 4.99 Å². The van der Waals surface area contributed by atoms with Gasteiger partial charge in [0.05, 0.1) is 6.04 Å². The first kappa shape index (κ1) is 14.2. The topological polar surface area (TPSA) is 24.4 Å². The van der Waals surface area contributed by atoms with Crippen molar-refractivity contribution in [2.75, 3.05) is 5.75 Å². The number of hydrogen-bond donors (Lipinski definition) is 1. The fourth-order valence-corrected chi connectivity index (χ4v) is 4.09. The van der Waals surface area contributed by atoms with Crippen LogP contribution >= 0.6 is 11.8 Å². The predicted octanol–water partition coefficient (Wildman–Crippen LogP) is 4.06. The lowest BCUT2D eigenvalue weighted by molar-refractivity contribution is 0.204. The molecule has 0 aromatic rings. The van der Waals surface area contributed by atoms with Crippen molar-refractivity contribution < 1.29 is 0 Å². The molecule has 2 atom stereocenters. The molecule has 2 unspecified atom stereocenters. The molecule has 1 saturated carbocycles. The van der Waals surface area contributed by atoms with E-state index < -0.39 is 0 Å². The third-order valence-corrected chi connectivity index (χ3v) is 5.29. The summed E-state index contributed by atoms with van der Waals surface area (Å²) in [6.07, 6.45) is 6.60. The zero-order valence-corrected chi connectivity index (χ0v) is 13.1. The van der Waals surface area contributed by atoms with Crippen LogP contribution in [0.3, 0.4) is 0 Å². The molecule has 1 saturated heterocycles. The highest BCUT2D eigenvalue weighted by atomic mass is 32.2. The van der Waals surface area contributed by atoms with E-state index in [1.807, 2.05) is 11.8 Å². The highest BCUT2D eigenvalue weighted by Gasteiger charge is 2.33. The molecule has 1 aliphatic heterocycles. The Morgan fingerprint density at radius 2 is 2.17 bits per heavy atom. The molecular weight excluding hydrogens is 240 g/mol. The van der Waals surface area contributed by atoms with E-state index in [2.05, 4.69) is 33.0 Å². The van der Waals surface area contributed by atoms with E-state index in [1.165, 1.54) is 43.0 Å². The zero-order chi connectivity index (χ0) is 13.2. The average Bonchev–Trinajstić information content (AvgIpc) is 2.68. The van der Waals surface area contributed by atoms with Crippen LogP contribution in [0.5, 0.6) is 0 Å². The summed E-state index contributed by atoms with van der Waals surface area (Å²) >= 11 is 1.93. The van der Waals surface area contributed by atoms with Crippen LogP contribution in [0.2, 0.25) is 0 Å². The molecule has 3 heteroatoms. The molecule has 2 rings (SSSR count). The van der Waals surface area contributed by atoms with Crippen LogP contribution < -0.4 is 5.32 Å². The van der Waals surface area contributed by atoms with Crippen molar-refractivity contribution in [3.8, 4) is 0 Å². The lowest BCUT2D eigenvalue weighted by Crippen LogP contribution is -2.34. The van der Waals surface area contributed by atoms with Crippen LogP contribution in [0.1, 0.15) is 59.8 Å². The molecule has 0 aromatic carbocycles. The largest absolute Gasteiger partial charge is 0.361 e. The van der Waals surface area contributed by atoms with Gasteiger partial charge in [-0.3, -0.25) is 4.99 Å². The molecule has 2 fully saturated rings. The minimum atomic E-state index is 0.392. The molecule has 0 radical (unpaired) electrons. The van der Waals surface area contributed by atoms with Gasteiger partial charge in [0.25, 0.3) is 0 Å². The second-order valence-corrected chi connectivity index (χ2v) is 7.97. The minimum Gasteiger partial charge on any atom is -0.361 e. The molecule has 2 aliphatic rings. The standard InChI is InChI=1S/C15H28N2S/c1-11(2)9-12-10-18-14(16-12)17-13-7-5-6-8-15(13,3)4/h11-13H,5-10H2,1-4H3,(H,16,17). The minimum absolute atomic E-state index is 0.392. The van der Waals surface area contributed by atoms with Crippen molar-refractivity contribution in [3.05, 3.63) is 0 Å². The maximum absolute atomic E-state index is 5.01. The number of aliphatic imine (C=N–C) groups is 1. The molecule has 0 amide bonds. The molecule has 1 aliphatic carbocycles. The van der Waals surface area contributed by atoms with Crippen LogP contribution in [-0.4, -0.2) is 23.0 Å². The average molecular weight is 268 g/mol. The fraction of sp³-hybridized carbons (Fsp3) is 0.933. The fourth-order valence-electron chi connectivity index (χ4n) is 3.06. The molecule has 104 valence electrons. The highest BCUT2D eigenvalue weighted by molar-refractivity contribution is 8.14. The molecular formula is C15H28N2S. The Bertz CT molecular complexity index is 310. The van der Waals surface area contributed by atoms with Crippen LogP contribution in [-0.2, 0) is 0 Å². The van der Waals surface area contributed by atoms with Crippen molar-refractivity contribution in [3.63, 3.8) is 0 Å². The van der Waals surface area contributed by atoms with Gasteiger partial charge in [-0.2, -0.15) is 0 Å². The van der Waals surface area contributed by atoms with E-state index in [-0.39, 0.29) is 0 Å². The van der Waals surface area contributed by atoms with Gasteiger partial charge in [-0.1, -0.05) is 52.3 Å². The summed E-state index contributed by atoms with van der Waals surface area (Å²) in [5.74, 6) is 1.97. The van der Waals surface area contributed by atoms with Gasteiger partial charge in [0, 0.05) is 11.8 Å². The van der Waals surface area contributed by atoms with E-state index in [0.717, 1.165) is 5.92 Å². The Hall–Kier alpha value is -0.180. The van der Waals surface area contributed by atoms with Gasteiger partial charge in [0.15, 0.2) is 5.17 Å². The number of rotatable bonds is 3. The van der Waals surface area contributed by atoms with Gasteiger partial charge in [0.2, 0.25) is 0 Å².